The smallest absolute Gasteiger partial charge is 0.119 e. The third-order valence-electron chi connectivity index (χ3n) is 2.76. The van der Waals surface area contributed by atoms with Crippen LogP contribution in [0, 0.1) is 0 Å². The van der Waals surface area contributed by atoms with Crippen LogP contribution in [0.25, 0.3) is 0 Å². The summed E-state index contributed by atoms with van der Waals surface area (Å²) in [6, 6.07) is 7.19. The maximum absolute atomic E-state index is 9.66. The van der Waals surface area contributed by atoms with Crippen molar-refractivity contribution in [3.05, 3.63) is 29.8 Å². The summed E-state index contributed by atoms with van der Waals surface area (Å²) in [5, 5.41) is 19.0. The maximum atomic E-state index is 9.66. The number of hydrogen-bond donors (Lipinski definition) is 2. The third-order valence-corrected chi connectivity index (χ3v) is 2.76. The van der Waals surface area contributed by atoms with Crippen LogP contribution in [0.2, 0.25) is 0 Å². The Morgan fingerprint density at radius 1 is 1.11 bits per heavy atom. The van der Waals surface area contributed by atoms with E-state index in [-0.39, 0.29) is 6.61 Å². The van der Waals surface area contributed by atoms with Crippen molar-refractivity contribution in [3.63, 3.8) is 0 Å². The van der Waals surface area contributed by atoms with Crippen LogP contribution in [0.4, 0.5) is 0 Å². The van der Waals surface area contributed by atoms with Gasteiger partial charge in [0, 0.05) is 6.61 Å². The molecule has 0 aliphatic heterocycles. The van der Waals surface area contributed by atoms with E-state index in [1.807, 2.05) is 12.1 Å². The number of hydrogen-bond acceptors (Lipinski definition) is 4. The molecule has 2 unspecified atom stereocenters. The molecule has 108 valence electrons. The molecule has 4 nitrogen and oxygen atoms in total. The van der Waals surface area contributed by atoms with Crippen LogP contribution in [0.15, 0.2) is 24.3 Å². The summed E-state index contributed by atoms with van der Waals surface area (Å²) in [6.07, 6.45) is 0.997. The molecule has 0 heterocycles. The van der Waals surface area contributed by atoms with Crippen molar-refractivity contribution in [2.24, 2.45) is 0 Å². The highest BCUT2D eigenvalue weighted by atomic mass is 16.5. The monoisotopic (exact) mass is 268 g/mol. The average molecular weight is 268 g/mol. The molecule has 4 heteroatoms. The number of aliphatic hydroxyl groups excluding tert-OH is 2. The molecule has 19 heavy (non-hydrogen) atoms. The lowest BCUT2D eigenvalue weighted by molar-refractivity contribution is 0.0113. The van der Waals surface area contributed by atoms with E-state index in [9.17, 15) is 10.2 Å². The minimum Gasteiger partial charge on any atom is -0.491 e. The van der Waals surface area contributed by atoms with E-state index in [0.29, 0.717) is 19.0 Å². The zero-order chi connectivity index (χ0) is 14.1. The fourth-order valence-corrected chi connectivity index (χ4v) is 1.55. The predicted octanol–water partition coefficient (Wildman–Crippen LogP) is 2.30. The number of benzene rings is 1. The highest BCUT2D eigenvalue weighted by Gasteiger charge is 2.06. The Morgan fingerprint density at radius 2 is 1.79 bits per heavy atom. The van der Waals surface area contributed by atoms with E-state index in [1.54, 1.807) is 19.1 Å². The number of ether oxygens (including phenoxy) is 2. The maximum Gasteiger partial charge on any atom is 0.119 e. The van der Waals surface area contributed by atoms with Gasteiger partial charge in [-0.25, -0.2) is 0 Å². The van der Waals surface area contributed by atoms with Crippen molar-refractivity contribution in [1.29, 1.82) is 0 Å². The minimum atomic E-state index is -0.617. The van der Waals surface area contributed by atoms with Gasteiger partial charge in [-0.2, -0.15) is 0 Å². The number of unbranched alkanes of at least 4 members (excludes halogenated alkanes) is 1. The molecule has 0 aliphatic carbocycles. The normalized spacial score (nSPS) is 14.1. The predicted molar refractivity (Wildman–Crippen MR) is 74.3 cm³/mol. The standard InChI is InChI=1S/C15H24O4/c1-3-4-9-18-10-14(17)11-19-15-7-5-13(6-8-15)12(2)16/h5-8,12,14,16-17H,3-4,9-11H2,1-2H3. The van der Waals surface area contributed by atoms with E-state index < -0.39 is 12.2 Å². The van der Waals surface area contributed by atoms with E-state index in [4.69, 9.17) is 9.47 Å². The molecular formula is C15H24O4. The fraction of sp³-hybridized carbons (Fsp3) is 0.600. The van der Waals surface area contributed by atoms with Crippen LogP contribution in [-0.2, 0) is 4.74 Å². The van der Waals surface area contributed by atoms with Crippen LogP contribution >= 0.6 is 0 Å². The summed E-state index contributed by atoms with van der Waals surface area (Å²) in [6.45, 7) is 5.00. The van der Waals surface area contributed by atoms with Gasteiger partial charge in [-0.15, -0.1) is 0 Å². The van der Waals surface area contributed by atoms with Gasteiger partial charge in [0.05, 0.1) is 12.7 Å². The summed E-state index contributed by atoms with van der Waals surface area (Å²) < 4.78 is 10.8. The van der Waals surface area contributed by atoms with Gasteiger partial charge in [0.25, 0.3) is 0 Å². The quantitative estimate of drug-likeness (QED) is 0.675. The molecule has 0 fully saturated rings. The average Bonchev–Trinajstić information content (AvgIpc) is 2.42. The zero-order valence-corrected chi connectivity index (χ0v) is 11.7. The first-order chi connectivity index (χ1) is 9.13. The number of aliphatic hydroxyl groups is 2. The Bertz CT molecular complexity index is 335. The van der Waals surface area contributed by atoms with Crippen molar-refractivity contribution in [2.75, 3.05) is 19.8 Å². The molecule has 0 radical (unpaired) electrons. The van der Waals surface area contributed by atoms with Gasteiger partial charge < -0.3 is 19.7 Å². The molecule has 0 spiro atoms. The van der Waals surface area contributed by atoms with Crippen LogP contribution < -0.4 is 4.74 Å². The van der Waals surface area contributed by atoms with Gasteiger partial charge in [-0.05, 0) is 31.0 Å². The minimum absolute atomic E-state index is 0.208. The lowest BCUT2D eigenvalue weighted by atomic mass is 10.1. The lowest BCUT2D eigenvalue weighted by Gasteiger charge is -2.13. The molecule has 0 bridgehead atoms. The van der Waals surface area contributed by atoms with Crippen molar-refractivity contribution in [2.45, 2.75) is 38.9 Å². The van der Waals surface area contributed by atoms with Gasteiger partial charge in [0.2, 0.25) is 0 Å². The second-order valence-corrected chi connectivity index (χ2v) is 4.64. The van der Waals surface area contributed by atoms with Gasteiger partial charge >= 0.3 is 0 Å². The van der Waals surface area contributed by atoms with Crippen molar-refractivity contribution in [1.82, 2.24) is 0 Å². The summed E-state index contributed by atoms with van der Waals surface area (Å²) in [5.74, 6) is 0.678. The first-order valence-corrected chi connectivity index (χ1v) is 6.80. The lowest BCUT2D eigenvalue weighted by Crippen LogP contribution is -2.23. The number of rotatable bonds is 9. The first kappa shape index (κ1) is 16.0. The molecule has 0 saturated heterocycles. The van der Waals surface area contributed by atoms with Crippen molar-refractivity contribution >= 4 is 0 Å². The van der Waals surface area contributed by atoms with E-state index >= 15 is 0 Å². The third kappa shape index (κ3) is 6.57. The molecule has 2 atom stereocenters. The molecule has 0 amide bonds. The topological polar surface area (TPSA) is 58.9 Å². The van der Waals surface area contributed by atoms with Crippen LogP contribution in [-0.4, -0.2) is 36.1 Å². The Labute approximate surface area is 115 Å². The molecule has 0 aliphatic rings. The van der Waals surface area contributed by atoms with Crippen molar-refractivity contribution in [3.8, 4) is 5.75 Å². The summed E-state index contributed by atoms with van der Waals surface area (Å²) in [4.78, 5) is 0. The Kier molecular flexibility index (Phi) is 7.48. The molecule has 0 saturated carbocycles. The highest BCUT2D eigenvalue weighted by Crippen LogP contribution is 2.17. The first-order valence-electron chi connectivity index (χ1n) is 6.80. The van der Waals surface area contributed by atoms with Gasteiger partial charge in [-0.3, -0.25) is 0 Å². The van der Waals surface area contributed by atoms with Gasteiger partial charge in [0.1, 0.15) is 18.5 Å². The van der Waals surface area contributed by atoms with Crippen molar-refractivity contribution < 1.29 is 19.7 Å². The molecule has 1 rings (SSSR count). The van der Waals surface area contributed by atoms with E-state index in [0.717, 1.165) is 18.4 Å². The second-order valence-electron chi connectivity index (χ2n) is 4.64. The molecular weight excluding hydrogens is 244 g/mol. The Hall–Kier alpha value is -1.10. The van der Waals surface area contributed by atoms with E-state index in [2.05, 4.69) is 6.92 Å². The SMILES string of the molecule is CCCCOCC(O)COc1ccc(C(C)O)cc1. The second kappa shape index (κ2) is 8.91. The summed E-state index contributed by atoms with van der Waals surface area (Å²) in [7, 11) is 0. The molecule has 1 aromatic rings. The van der Waals surface area contributed by atoms with Gasteiger partial charge in [-0.1, -0.05) is 25.5 Å². The van der Waals surface area contributed by atoms with Gasteiger partial charge in [0.15, 0.2) is 0 Å². The summed E-state index contributed by atoms with van der Waals surface area (Å²) >= 11 is 0. The fourth-order valence-electron chi connectivity index (χ4n) is 1.55. The van der Waals surface area contributed by atoms with Crippen LogP contribution in [0.3, 0.4) is 0 Å². The Balaban J connectivity index is 2.24. The molecule has 0 aromatic heterocycles. The Morgan fingerprint density at radius 3 is 2.37 bits per heavy atom. The van der Waals surface area contributed by atoms with Crippen LogP contribution in [0.5, 0.6) is 5.75 Å². The summed E-state index contributed by atoms with van der Waals surface area (Å²) in [5.41, 5.74) is 0.843. The van der Waals surface area contributed by atoms with Crippen LogP contribution in [0.1, 0.15) is 38.4 Å². The highest BCUT2D eigenvalue weighted by molar-refractivity contribution is 5.28. The van der Waals surface area contributed by atoms with E-state index in [1.165, 1.54) is 0 Å². The molecule has 1 aromatic carbocycles. The zero-order valence-electron chi connectivity index (χ0n) is 11.7. The largest absolute Gasteiger partial charge is 0.491 e. The molecule has 2 N–H and O–H groups in total.